The summed E-state index contributed by atoms with van der Waals surface area (Å²) in [6.45, 7) is -0.384. The Kier molecular flexibility index (Phi) is 4.59. The van der Waals surface area contributed by atoms with Gasteiger partial charge in [-0.25, -0.2) is 4.39 Å². The normalized spacial score (nSPS) is 21.8. The SMILES string of the molecule is NC(=O)[C@@H]1C[C@@H](F)CN1C(=O)COc1ccccc1Br. The van der Waals surface area contributed by atoms with Crippen LogP contribution in [0.25, 0.3) is 0 Å². The third-order valence-electron chi connectivity index (χ3n) is 3.09. The Morgan fingerprint density at radius 2 is 2.15 bits per heavy atom. The minimum absolute atomic E-state index is 0.0455. The van der Waals surface area contributed by atoms with E-state index in [9.17, 15) is 14.0 Å². The van der Waals surface area contributed by atoms with Crippen molar-refractivity contribution >= 4 is 27.7 Å². The average Bonchev–Trinajstić information content (AvgIpc) is 2.80. The van der Waals surface area contributed by atoms with Crippen molar-refractivity contribution in [3.8, 4) is 5.75 Å². The quantitative estimate of drug-likeness (QED) is 0.893. The van der Waals surface area contributed by atoms with Crippen LogP contribution in [0.2, 0.25) is 0 Å². The summed E-state index contributed by atoms with van der Waals surface area (Å²) in [6.07, 6.45) is -1.27. The summed E-state index contributed by atoms with van der Waals surface area (Å²) in [5.41, 5.74) is 5.17. The highest BCUT2D eigenvalue weighted by atomic mass is 79.9. The minimum Gasteiger partial charge on any atom is -0.483 e. The second kappa shape index (κ2) is 6.21. The largest absolute Gasteiger partial charge is 0.483 e. The number of benzene rings is 1. The molecule has 0 aliphatic carbocycles. The Labute approximate surface area is 124 Å². The number of nitrogens with zero attached hydrogens (tertiary/aromatic N) is 1. The molecule has 1 heterocycles. The molecule has 1 aromatic carbocycles. The van der Waals surface area contributed by atoms with Crippen molar-refractivity contribution in [2.24, 2.45) is 5.73 Å². The molecule has 0 unspecified atom stereocenters. The van der Waals surface area contributed by atoms with Gasteiger partial charge in [0.25, 0.3) is 5.91 Å². The summed E-state index contributed by atoms with van der Waals surface area (Å²) >= 11 is 3.29. The third kappa shape index (κ3) is 3.27. The molecule has 1 saturated heterocycles. The van der Waals surface area contributed by atoms with Crippen molar-refractivity contribution in [2.45, 2.75) is 18.6 Å². The number of carbonyl (C=O) groups is 2. The molecule has 0 aromatic heterocycles. The van der Waals surface area contributed by atoms with Crippen LogP contribution < -0.4 is 10.5 Å². The van der Waals surface area contributed by atoms with E-state index in [1.54, 1.807) is 18.2 Å². The fourth-order valence-electron chi connectivity index (χ4n) is 2.11. The molecule has 20 heavy (non-hydrogen) atoms. The number of hydrogen-bond acceptors (Lipinski definition) is 3. The molecule has 1 fully saturated rings. The van der Waals surface area contributed by atoms with Gasteiger partial charge in [-0.15, -0.1) is 0 Å². The first-order valence-electron chi connectivity index (χ1n) is 6.09. The lowest BCUT2D eigenvalue weighted by atomic mass is 10.2. The number of primary amides is 1. The maximum Gasteiger partial charge on any atom is 0.261 e. The third-order valence-corrected chi connectivity index (χ3v) is 3.74. The van der Waals surface area contributed by atoms with Crippen molar-refractivity contribution in [2.75, 3.05) is 13.2 Å². The molecule has 7 heteroatoms. The van der Waals surface area contributed by atoms with Crippen LogP contribution in [-0.4, -0.2) is 42.1 Å². The molecule has 0 bridgehead atoms. The van der Waals surface area contributed by atoms with E-state index in [-0.39, 0.29) is 19.6 Å². The second-order valence-corrected chi connectivity index (χ2v) is 5.37. The molecule has 0 saturated carbocycles. The molecule has 1 aliphatic heterocycles. The Bertz CT molecular complexity index is 526. The van der Waals surface area contributed by atoms with Crippen LogP contribution in [-0.2, 0) is 9.59 Å². The first kappa shape index (κ1) is 14.8. The number of rotatable bonds is 4. The number of likely N-dealkylation sites (tertiary alicyclic amines) is 1. The van der Waals surface area contributed by atoms with Crippen molar-refractivity contribution in [1.82, 2.24) is 4.90 Å². The topological polar surface area (TPSA) is 72.6 Å². The van der Waals surface area contributed by atoms with E-state index in [4.69, 9.17) is 10.5 Å². The van der Waals surface area contributed by atoms with Crippen LogP contribution in [0.15, 0.2) is 28.7 Å². The van der Waals surface area contributed by atoms with Gasteiger partial charge in [0.2, 0.25) is 5.91 Å². The van der Waals surface area contributed by atoms with E-state index in [0.29, 0.717) is 10.2 Å². The molecule has 0 spiro atoms. The fraction of sp³-hybridized carbons (Fsp3) is 0.385. The van der Waals surface area contributed by atoms with Gasteiger partial charge in [-0.3, -0.25) is 9.59 Å². The van der Waals surface area contributed by atoms with Gasteiger partial charge in [0.15, 0.2) is 6.61 Å². The number of alkyl halides is 1. The number of amides is 2. The standard InChI is InChI=1S/C13H14BrFN2O3/c14-9-3-1-2-4-11(9)20-7-12(18)17-6-8(15)5-10(17)13(16)19/h1-4,8,10H,5-7H2,(H2,16,19)/t8-,10+/m1/s1. The average molecular weight is 345 g/mol. The fourth-order valence-corrected chi connectivity index (χ4v) is 2.51. The summed E-state index contributed by atoms with van der Waals surface area (Å²) in [5.74, 6) is -0.642. The van der Waals surface area contributed by atoms with Crippen LogP contribution in [0.5, 0.6) is 5.75 Å². The van der Waals surface area contributed by atoms with Crippen molar-refractivity contribution < 1.29 is 18.7 Å². The van der Waals surface area contributed by atoms with Gasteiger partial charge in [0.05, 0.1) is 11.0 Å². The van der Waals surface area contributed by atoms with Crippen molar-refractivity contribution in [1.29, 1.82) is 0 Å². The number of hydrogen-bond donors (Lipinski definition) is 1. The van der Waals surface area contributed by atoms with Crippen molar-refractivity contribution in [3.63, 3.8) is 0 Å². The van der Waals surface area contributed by atoms with E-state index in [1.807, 2.05) is 6.07 Å². The Morgan fingerprint density at radius 3 is 2.80 bits per heavy atom. The predicted octanol–water partition coefficient (Wildman–Crippen LogP) is 1.25. The van der Waals surface area contributed by atoms with E-state index >= 15 is 0 Å². The summed E-state index contributed by atoms with van der Waals surface area (Å²) in [6, 6.07) is 6.17. The monoisotopic (exact) mass is 344 g/mol. The molecule has 2 rings (SSSR count). The van der Waals surface area contributed by atoms with Gasteiger partial charge in [-0.05, 0) is 28.1 Å². The highest BCUT2D eigenvalue weighted by Gasteiger charge is 2.38. The summed E-state index contributed by atoms with van der Waals surface area (Å²) in [7, 11) is 0. The van der Waals surface area contributed by atoms with Crippen LogP contribution in [0.4, 0.5) is 4.39 Å². The van der Waals surface area contributed by atoms with Crippen LogP contribution in [0.1, 0.15) is 6.42 Å². The maximum atomic E-state index is 13.3. The zero-order chi connectivity index (χ0) is 14.7. The molecule has 2 atom stereocenters. The van der Waals surface area contributed by atoms with Crippen LogP contribution >= 0.6 is 15.9 Å². The first-order chi connectivity index (χ1) is 9.49. The van der Waals surface area contributed by atoms with E-state index in [1.165, 1.54) is 0 Å². The van der Waals surface area contributed by atoms with Crippen LogP contribution in [0, 0.1) is 0 Å². The van der Waals surface area contributed by atoms with Crippen molar-refractivity contribution in [3.05, 3.63) is 28.7 Å². The minimum atomic E-state index is -1.22. The molecular formula is C13H14BrFN2O3. The molecule has 108 valence electrons. The van der Waals surface area contributed by atoms with Gasteiger partial charge >= 0.3 is 0 Å². The van der Waals surface area contributed by atoms with Gasteiger partial charge in [0.1, 0.15) is 18.0 Å². The van der Waals surface area contributed by atoms with Crippen LogP contribution in [0.3, 0.4) is 0 Å². The zero-order valence-corrected chi connectivity index (χ0v) is 12.2. The lowest BCUT2D eigenvalue weighted by Gasteiger charge is -2.21. The number of halogens is 2. The van der Waals surface area contributed by atoms with E-state index < -0.39 is 24.0 Å². The zero-order valence-electron chi connectivity index (χ0n) is 10.6. The highest BCUT2D eigenvalue weighted by molar-refractivity contribution is 9.10. The molecule has 1 aromatic rings. The Morgan fingerprint density at radius 1 is 1.45 bits per heavy atom. The van der Waals surface area contributed by atoms with Gasteiger partial charge in [-0.1, -0.05) is 12.1 Å². The Hall–Kier alpha value is -1.63. The molecule has 0 radical (unpaired) electrons. The van der Waals surface area contributed by atoms with E-state index in [2.05, 4.69) is 15.9 Å². The summed E-state index contributed by atoms with van der Waals surface area (Å²) in [5, 5.41) is 0. The van der Waals surface area contributed by atoms with Gasteiger partial charge < -0.3 is 15.4 Å². The first-order valence-corrected chi connectivity index (χ1v) is 6.88. The number of carbonyl (C=O) groups excluding carboxylic acids is 2. The number of para-hydroxylation sites is 1. The lowest BCUT2D eigenvalue weighted by molar-refractivity contribution is -0.139. The van der Waals surface area contributed by atoms with Gasteiger partial charge in [-0.2, -0.15) is 0 Å². The molecule has 2 amide bonds. The lowest BCUT2D eigenvalue weighted by Crippen LogP contribution is -2.45. The summed E-state index contributed by atoms with van der Waals surface area (Å²) < 4.78 is 19.4. The molecule has 1 aliphatic rings. The smallest absolute Gasteiger partial charge is 0.261 e. The maximum absolute atomic E-state index is 13.3. The highest BCUT2D eigenvalue weighted by Crippen LogP contribution is 2.24. The predicted molar refractivity (Wildman–Crippen MR) is 73.8 cm³/mol. The molecule has 5 nitrogen and oxygen atoms in total. The number of ether oxygens (including phenoxy) is 1. The molecular weight excluding hydrogens is 331 g/mol. The number of nitrogens with two attached hydrogens (primary N) is 1. The van der Waals surface area contributed by atoms with E-state index in [0.717, 1.165) is 4.90 Å². The van der Waals surface area contributed by atoms with Gasteiger partial charge in [0, 0.05) is 6.42 Å². The second-order valence-electron chi connectivity index (χ2n) is 4.52. The molecule has 2 N–H and O–H groups in total. The summed E-state index contributed by atoms with van der Waals surface area (Å²) in [4.78, 5) is 24.3. The Balaban J connectivity index is 1.98.